The lowest BCUT2D eigenvalue weighted by Gasteiger charge is -2.31. The fourth-order valence-electron chi connectivity index (χ4n) is 1.85. The van der Waals surface area contributed by atoms with Gasteiger partial charge in [-0.2, -0.15) is 5.11 Å². The minimum atomic E-state index is -0.620. The van der Waals surface area contributed by atoms with Crippen LogP contribution < -0.4 is 5.01 Å². The fourth-order valence-corrected chi connectivity index (χ4v) is 1.85. The third-order valence-electron chi connectivity index (χ3n) is 2.73. The molecule has 0 spiro atoms. The van der Waals surface area contributed by atoms with E-state index >= 15 is 0 Å². The number of rotatable bonds is 4. The lowest BCUT2D eigenvalue weighted by Crippen LogP contribution is -2.44. The Balaban J connectivity index is 2.25. The molecule has 1 atom stereocenters. The summed E-state index contributed by atoms with van der Waals surface area (Å²) in [7, 11) is 0. The molecule has 0 aliphatic carbocycles. The number of hydrogen-bond acceptors (Lipinski definition) is 6. The number of benzene rings is 1. The molecule has 2 rings (SSSR count). The highest BCUT2D eigenvalue weighted by molar-refractivity contribution is 5.52. The summed E-state index contributed by atoms with van der Waals surface area (Å²) in [6.07, 6.45) is 0. The van der Waals surface area contributed by atoms with E-state index in [9.17, 15) is 10.1 Å². The normalized spacial score (nSPS) is 22.4. The van der Waals surface area contributed by atoms with Gasteiger partial charge in [-0.05, 0) is 26.0 Å². The first-order valence-corrected chi connectivity index (χ1v) is 5.63. The van der Waals surface area contributed by atoms with Crippen molar-refractivity contribution in [3.05, 3.63) is 34.4 Å². The highest BCUT2D eigenvalue weighted by Gasteiger charge is 2.37. The Kier molecular flexibility index (Phi) is 3.24. The van der Waals surface area contributed by atoms with Gasteiger partial charge < -0.3 is 4.74 Å². The first kappa shape index (κ1) is 12.4. The van der Waals surface area contributed by atoms with Gasteiger partial charge in [0.05, 0.1) is 10.6 Å². The molecule has 1 aromatic rings. The SMILES string of the molecule is CCOC1(C)CN=NN1c1ccc([N+](=O)[O-])cc1. The lowest BCUT2D eigenvalue weighted by molar-refractivity contribution is -0.384. The lowest BCUT2D eigenvalue weighted by atomic mass is 10.2. The van der Waals surface area contributed by atoms with E-state index < -0.39 is 10.6 Å². The van der Waals surface area contributed by atoms with E-state index in [2.05, 4.69) is 10.3 Å². The van der Waals surface area contributed by atoms with Crippen LogP contribution in [0.1, 0.15) is 13.8 Å². The van der Waals surface area contributed by atoms with Crippen LogP contribution in [-0.2, 0) is 4.74 Å². The molecule has 18 heavy (non-hydrogen) atoms. The number of non-ortho nitro benzene ring substituents is 1. The molecule has 0 amide bonds. The summed E-state index contributed by atoms with van der Waals surface area (Å²) in [6, 6.07) is 6.16. The highest BCUT2D eigenvalue weighted by Crippen LogP contribution is 2.31. The average molecular weight is 250 g/mol. The van der Waals surface area contributed by atoms with E-state index in [1.165, 1.54) is 12.1 Å². The number of nitro groups is 1. The van der Waals surface area contributed by atoms with Gasteiger partial charge in [0.25, 0.3) is 5.69 Å². The standard InChI is InChI=1S/C11H14N4O3/c1-3-18-11(2)8-12-13-14(11)9-4-6-10(7-5-9)15(16)17/h4-7H,3,8H2,1-2H3. The molecule has 0 saturated carbocycles. The van der Waals surface area contributed by atoms with Gasteiger partial charge in [-0.25, -0.2) is 5.01 Å². The van der Waals surface area contributed by atoms with Crippen molar-refractivity contribution < 1.29 is 9.66 Å². The molecule has 1 aromatic carbocycles. The molecule has 0 N–H and O–H groups in total. The third kappa shape index (κ3) is 2.17. The second-order valence-electron chi connectivity index (χ2n) is 4.08. The molecule has 1 unspecified atom stereocenters. The monoisotopic (exact) mass is 250 g/mol. The van der Waals surface area contributed by atoms with Crippen LogP contribution in [0.4, 0.5) is 11.4 Å². The summed E-state index contributed by atoms with van der Waals surface area (Å²) < 4.78 is 5.64. The molecule has 0 fully saturated rings. The van der Waals surface area contributed by atoms with Crippen molar-refractivity contribution in [1.29, 1.82) is 0 Å². The third-order valence-corrected chi connectivity index (χ3v) is 2.73. The van der Waals surface area contributed by atoms with Crippen molar-refractivity contribution in [1.82, 2.24) is 0 Å². The van der Waals surface area contributed by atoms with Crippen LogP contribution in [0, 0.1) is 10.1 Å². The summed E-state index contributed by atoms with van der Waals surface area (Å²) in [5, 5.41) is 20.2. The second kappa shape index (κ2) is 4.69. The van der Waals surface area contributed by atoms with Crippen molar-refractivity contribution in [3.63, 3.8) is 0 Å². The molecule has 0 aromatic heterocycles. The predicted molar refractivity (Wildman–Crippen MR) is 65.3 cm³/mol. The maximum Gasteiger partial charge on any atom is 0.269 e. The first-order valence-electron chi connectivity index (χ1n) is 5.63. The molecular weight excluding hydrogens is 236 g/mol. The van der Waals surface area contributed by atoms with Crippen LogP contribution in [0.25, 0.3) is 0 Å². The Morgan fingerprint density at radius 1 is 1.50 bits per heavy atom. The topological polar surface area (TPSA) is 80.3 Å². The van der Waals surface area contributed by atoms with Crippen molar-refractivity contribution in [2.24, 2.45) is 10.3 Å². The van der Waals surface area contributed by atoms with Gasteiger partial charge in [-0.15, -0.1) is 0 Å². The Bertz CT molecular complexity index is 474. The molecule has 0 bridgehead atoms. The summed E-state index contributed by atoms with van der Waals surface area (Å²) in [4.78, 5) is 10.2. The number of nitrogens with zero attached hydrogens (tertiary/aromatic N) is 4. The van der Waals surface area contributed by atoms with Crippen LogP contribution in [0.3, 0.4) is 0 Å². The van der Waals surface area contributed by atoms with E-state index in [0.29, 0.717) is 13.2 Å². The smallest absolute Gasteiger partial charge is 0.269 e. The maximum atomic E-state index is 10.6. The molecule has 96 valence electrons. The summed E-state index contributed by atoms with van der Waals surface area (Å²) >= 11 is 0. The maximum absolute atomic E-state index is 10.6. The van der Waals surface area contributed by atoms with Crippen LogP contribution in [0.5, 0.6) is 0 Å². The van der Waals surface area contributed by atoms with Crippen molar-refractivity contribution in [2.75, 3.05) is 18.2 Å². The van der Waals surface area contributed by atoms with Crippen molar-refractivity contribution in [2.45, 2.75) is 19.6 Å². The van der Waals surface area contributed by atoms with Gasteiger partial charge in [0.2, 0.25) is 0 Å². The van der Waals surface area contributed by atoms with E-state index in [-0.39, 0.29) is 5.69 Å². The zero-order valence-corrected chi connectivity index (χ0v) is 10.2. The molecule has 0 radical (unpaired) electrons. The highest BCUT2D eigenvalue weighted by atomic mass is 16.6. The Morgan fingerprint density at radius 2 is 2.17 bits per heavy atom. The number of ether oxygens (including phenoxy) is 1. The molecule has 1 aliphatic heterocycles. The van der Waals surface area contributed by atoms with E-state index in [1.54, 1.807) is 17.1 Å². The van der Waals surface area contributed by atoms with Crippen LogP contribution in [0.2, 0.25) is 0 Å². The van der Waals surface area contributed by atoms with Crippen molar-refractivity contribution in [3.8, 4) is 0 Å². The zero-order valence-electron chi connectivity index (χ0n) is 10.2. The van der Waals surface area contributed by atoms with Crippen LogP contribution >= 0.6 is 0 Å². The predicted octanol–water partition coefficient (Wildman–Crippen LogP) is 2.53. The minimum Gasteiger partial charge on any atom is -0.352 e. The Morgan fingerprint density at radius 3 is 2.72 bits per heavy atom. The summed E-state index contributed by atoms with van der Waals surface area (Å²) in [5.41, 5.74) is 0.149. The second-order valence-corrected chi connectivity index (χ2v) is 4.08. The van der Waals surface area contributed by atoms with Gasteiger partial charge in [-0.1, -0.05) is 5.22 Å². The quantitative estimate of drug-likeness (QED) is 0.607. The van der Waals surface area contributed by atoms with Gasteiger partial charge in [-0.3, -0.25) is 10.1 Å². The van der Waals surface area contributed by atoms with E-state index in [4.69, 9.17) is 4.74 Å². The molecule has 1 heterocycles. The Labute approximate surface area is 104 Å². The molecule has 0 saturated heterocycles. The first-order chi connectivity index (χ1) is 8.57. The van der Waals surface area contributed by atoms with Gasteiger partial charge in [0.1, 0.15) is 6.54 Å². The van der Waals surface area contributed by atoms with Crippen LogP contribution in [0.15, 0.2) is 34.6 Å². The molecular formula is C11H14N4O3. The van der Waals surface area contributed by atoms with Crippen LogP contribution in [-0.4, -0.2) is 23.8 Å². The largest absolute Gasteiger partial charge is 0.352 e. The van der Waals surface area contributed by atoms with E-state index in [1.807, 2.05) is 13.8 Å². The molecule has 7 heteroatoms. The van der Waals surface area contributed by atoms with Crippen molar-refractivity contribution >= 4 is 11.4 Å². The van der Waals surface area contributed by atoms with E-state index in [0.717, 1.165) is 5.69 Å². The summed E-state index contributed by atoms with van der Waals surface area (Å²) in [6.45, 7) is 4.78. The molecule has 1 aliphatic rings. The van der Waals surface area contributed by atoms with Gasteiger partial charge >= 0.3 is 0 Å². The number of anilines is 1. The van der Waals surface area contributed by atoms with Gasteiger partial charge in [0, 0.05) is 18.7 Å². The van der Waals surface area contributed by atoms with Gasteiger partial charge in [0.15, 0.2) is 5.72 Å². The minimum absolute atomic E-state index is 0.0491. The fraction of sp³-hybridized carbons (Fsp3) is 0.455. The Hall–Kier alpha value is -2.02. The number of nitro benzene ring substituents is 1. The number of hydrogen-bond donors (Lipinski definition) is 0. The summed E-state index contributed by atoms with van der Waals surface area (Å²) in [5.74, 6) is 0. The molecule has 7 nitrogen and oxygen atoms in total. The zero-order chi connectivity index (χ0) is 13.2. The average Bonchev–Trinajstić information content (AvgIpc) is 2.71.